The molecule has 2 fully saturated rings. The molecule has 0 spiro atoms. The molecule has 0 saturated carbocycles. The van der Waals surface area contributed by atoms with Gasteiger partial charge in [0.15, 0.2) is 0 Å². The Morgan fingerprint density at radius 2 is 1.93 bits per heavy atom. The number of nitrogens with zero attached hydrogens (tertiary/aromatic N) is 3. The maximum atomic E-state index is 13.2. The van der Waals surface area contributed by atoms with Crippen molar-refractivity contribution < 1.29 is 9.59 Å². The topological polar surface area (TPSA) is 85.1 Å². The number of nitrogens with one attached hydrogen (secondary N) is 2. The van der Waals surface area contributed by atoms with E-state index in [4.69, 9.17) is 0 Å². The van der Waals surface area contributed by atoms with Crippen molar-refractivity contribution in [2.45, 2.75) is 13.0 Å². The lowest BCUT2D eigenvalue weighted by Crippen LogP contribution is -2.37. The van der Waals surface area contributed by atoms with Crippen LogP contribution >= 0.6 is 0 Å². The molecular formula is C22H23N5O2. The quantitative estimate of drug-likeness (QED) is 0.722. The normalized spacial score (nSPS) is 23.4. The SMILES string of the molecule is Cc1ccccc1[C@@H]1[C@H]2CN(C(=O)c3cn[nH]c3)C[C@H]2CN1C(=O)c1ccc[nH]1. The molecule has 2 aliphatic heterocycles. The smallest absolute Gasteiger partial charge is 0.270 e. The van der Waals surface area contributed by atoms with Crippen LogP contribution in [0, 0.1) is 18.8 Å². The molecule has 2 N–H and O–H groups in total. The molecule has 7 heteroatoms. The minimum absolute atomic E-state index is 0.000993. The molecule has 2 aromatic heterocycles. The molecule has 1 aromatic carbocycles. The Kier molecular flexibility index (Phi) is 4.23. The van der Waals surface area contributed by atoms with Crippen molar-refractivity contribution in [2.75, 3.05) is 19.6 Å². The van der Waals surface area contributed by atoms with Gasteiger partial charge in [-0.2, -0.15) is 5.10 Å². The molecule has 4 heterocycles. The molecule has 3 atom stereocenters. The number of fused-ring (bicyclic) bond motifs is 1. The zero-order valence-electron chi connectivity index (χ0n) is 16.2. The van der Waals surface area contributed by atoms with Gasteiger partial charge in [-0.3, -0.25) is 14.7 Å². The maximum absolute atomic E-state index is 13.2. The Morgan fingerprint density at radius 3 is 2.66 bits per heavy atom. The molecule has 0 aliphatic carbocycles. The van der Waals surface area contributed by atoms with Gasteiger partial charge in [0.2, 0.25) is 0 Å². The van der Waals surface area contributed by atoms with E-state index in [1.165, 1.54) is 5.56 Å². The lowest BCUT2D eigenvalue weighted by atomic mass is 9.87. The van der Waals surface area contributed by atoms with Gasteiger partial charge in [0.25, 0.3) is 11.8 Å². The number of amides is 2. The highest BCUT2D eigenvalue weighted by Gasteiger charge is 2.50. The third kappa shape index (κ3) is 2.93. The lowest BCUT2D eigenvalue weighted by molar-refractivity contribution is 0.0672. The Bertz CT molecular complexity index is 1030. The number of aryl methyl sites for hydroxylation is 1. The van der Waals surface area contributed by atoms with Crippen molar-refractivity contribution in [3.05, 3.63) is 77.4 Å². The average Bonchev–Trinajstić information content (AvgIpc) is 3.52. The summed E-state index contributed by atoms with van der Waals surface area (Å²) in [5.74, 6) is 0.490. The fourth-order valence-corrected chi connectivity index (χ4v) is 4.91. The standard InChI is InChI=1S/C22H23N5O2/c1-14-5-2-3-6-17(14)20-18-13-26(21(28)15-9-24-25-10-15)11-16(18)12-27(20)22(29)19-7-4-8-23-19/h2-10,16,18,20,23H,11-13H2,1H3,(H,24,25)/t16-,18-,20+/m0/s1. The van der Waals surface area contributed by atoms with E-state index in [-0.39, 0.29) is 29.7 Å². The van der Waals surface area contributed by atoms with Crippen LogP contribution in [-0.4, -0.2) is 56.4 Å². The summed E-state index contributed by atoms with van der Waals surface area (Å²) in [6.07, 6.45) is 4.98. The van der Waals surface area contributed by atoms with Crippen molar-refractivity contribution in [1.29, 1.82) is 0 Å². The van der Waals surface area contributed by atoms with Crippen LogP contribution in [-0.2, 0) is 0 Å². The predicted octanol–water partition coefficient (Wildman–Crippen LogP) is 2.63. The zero-order chi connectivity index (χ0) is 20.0. The molecule has 5 rings (SSSR count). The second-order valence-corrected chi connectivity index (χ2v) is 7.96. The number of carbonyl (C=O) groups is 2. The molecule has 148 valence electrons. The second-order valence-electron chi connectivity index (χ2n) is 7.96. The van der Waals surface area contributed by atoms with E-state index in [1.54, 1.807) is 18.6 Å². The molecule has 2 aliphatic rings. The predicted molar refractivity (Wildman–Crippen MR) is 107 cm³/mol. The molecule has 2 saturated heterocycles. The Balaban J connectivity index is 1.47. The number of likely N-dealkylation sites (tertiary alicyclic amines) is 2. The van der Waals surface area contributed by atoms with Gasteiger partial charge in [-0.05, 0) is 30.2 Å². The number of hydrogen-bond donors (Lipinski definition) is 2. The van der Waals surface area contributed by atoms with Gasteiger partial charge < -0.3 is 14.8 Å². The van der Waals surface area contributed by atoms with Crippen LogP contribution in [0.25, 0.3) is 0 Å². The van der Waals surface area contributed by atoms with Crippen LogP contribution < -0.4 is 0 Å². The van der Waals surface area contributed by atoms with Crippen LogP contribution in [0.15, 0.2) is 55.0 Å². The molecule has 2 amide bonds. The summed E-state index contributed by atoms with van der Waals surface area (Å²) < 4.78 is 0. The highest BCUT2D eigenvalue weighted by atomic mass is 16.2. The number of carbonyl (C=O) groups excluding carboxylic acids is 2. The third-order valence-corrected chi connectivity index (χ3v) is 6.29. The van der Waals surface area contributed by atoms with Crippen molar-refractivity contribution in [1.82, 2.24) is 25.0 Å². The van der Waals surface area contributed by atoms with E-state index in [0.29, 0.717) is 30.9 Å². The van der Waals surface area contributed by atoms with Crippen molar-refractivity contribution in [3.63, 3.8) is 0 Å². The highest BCUT2D eigenvalue weighted by molar-refractivity contribution is 5.94. The van der Waals surface area contributed by atoms with E-state index in [0.717, 1.165) is 5.56 Å². The first-order chi connectivity index (χ1) is 14.1. The molecule has 0 unspecified atom stereocenters. The molecule has 3 aromatic rings. The van der Waals surface area contributed by atoms with Gasteiger partial charge in [0.05, 0.1) is 17.8 Å². The summed E-state index contributed by atoms with van der Waals surface area (Å²) in [5.41, 5.74) is 3.52. The van der Waals surface area contributed by atoms with E-state index in [9.17, 15) is 9.59 Å². The number of hydrogen-bond acceptors (Lipinski definition) is 3. The maximum Gasteiger partial charge on any atom is 0.270 e. The first-order valence-electron chi connectivity index (χ1n) is 9.91. The largest absolute Gasteiger partial charge is 0.357 e. The van der Waals surface area contributed by atoms with Crippen LogP contribution in [0.3, 0.4) is 0 Å². The van der Waals surface area contributed by atoms with Gasteiger partial charge in [-0.1, -0.05) is 24.3 Å². The third-order valence-electron chi connectivity index (χ3n) is 6.29. The van der Waals surface area contributed by atoms with Gasteiger partial charge >= 0.3 is 0 Å². The van der Waals surface area contributed by atoms with Crippen LogP contribution in [0.4, 0.5) is 0 Å². The first kappa shape index (κ1) is 17.7. The average molecular weight is 389 g/mol. The fourth-order valence-electron chi connectivity index (χ4n) is 4.91. The van der Waals surface area contributed by atoms with Gasteiger partial charge in [0.1, 0.15) is 5.69 Å². The Morgan fingerprint density at radius 1 is 1.07 bits per heavy atom. The van der Waals surface area contributed by atoms with Crippen molar-refractivity contribution >= 4 is 11.8 Å². The summed E-state index contributed by atoms with van der Waals surface area (Å²) in [6, 6.07) is 11.9. The lowest BCUT2D eigenvalue weighted by Gasteiger charge is -2.30. The van der Waals surface area contributed by atoms with Crippen molar-refractivity contribution in [2.24, 2.45) is 11.8 Å². The number of rotatable bonds is 3. The van der Waals surface area contributed by atoms with Crippen LogP contribution in [0.2, 0.25) is 0 Å². The fraction of sp³-hybridized carbons (Fsp3) is 0.318. The number of benzene rings is 1. The van der Waals surface area contributed by atoms with Crippen molar-refractivity contribution in [3.8, 4) is 0 Å². The van der Waals surface area contributed by atoms with E-state index >= 15 is 0 Å². The summed E-state index contributed by atoms with van der Waals surface area (Å²) in [7, 11) is 0. The summed E-state index contributed by atoms with van der Waals surface area (Å²) in [4.78, 5) is 33.0. The number of H-pyrrole nitrogens is 2. The minimum Gasteiger partial charge on any atom is -0.357 e. The number of aromatic nitrogens is 3. The molecular weight excluding hydrogens is 366 g/mol. The highest BCUT2D eigenvalue weighted by Crippen LogP contribution is 2.46. The molecule has 7 nitrogen and oxygen atoms in total. The number of aromatic amines is 2. The van der Waals surface area contributed by atoms with Gasteiger partial charge in [-0.25, -0.2) is 0 Å². The summed E-state index contributed by atoms with van der Waals surface area (Å²) in [5, 5.41) is 6.61. The monoisotopic (exact) mass is 389 g/mol. The molecule has 0 radical (unpaired) electrons. The van der Waals surface area contributed by atoms with E-state index in [2.05, 4.69) is 34.2 Å². The van der Waals surface area contributed by atoms with Gasteiger partial charge in [0, 0.05) is 43.9 Å². The van der Waals surface area contributed by atoms with Crippen LogP contribution in [0.5, 0.6) is 0 Å². The summed E-state index contributed by atoms with van der Waals surface area (Å²) >= 11 is 0. The Labute approximate surface area is 168 Å². The Hall–Kier alpha value is -3.35. The second kappa shape index (κ2) is 6.92. The first-order valence-corrected chi connectivity index (χ1v) is 9.91. The van der Waals surface area contributed by atoms with E-state index < -0.39 is 0 Å². The van der Waals surface area contributed by atoms with E-state index in [1.807, 2.05) is 34.1 Å². The molecule has 29 heavy (non-hydrogen) atoms. The zero-order valence-corrected chi connectivity index (χ0v) is 16.2. The van der Waals surface area contributed by atoms with Gasteiger partial charge in [-0.15, -0.1) is 0 Å². The molecule has 0 bridgehead atoms. The summed E-state index contributed by atoms with van der Waals surface area (Å²) in [6.45, 7) is 4.04. The van der Waals surface area contributed by atoms with Crippen LogP contribution in [0.1, 0.15) is 38.0 Å². The minimum atomic E-state index is -0.0425.